The zero-order valence-corrected chi connectivity index (χ0v) is 8.85. The molecule has 0 aliphatic heterocycles. The molecule has 0 spiro atoms. The normalized spacial score (nSPS) is 11.0. The zero-order chi connectivity index (χ0) is 9.42. The topological polar surface area (TPSA) is 30.2 Å². The van der Waals surface area contributed by atoms with Gasteiger partial charge >= 0.3 is 0 Å². The van der Waals surface area contributed by atoms with E-state index in [9.17, 15) is 0 Å². The number of nitrogens with zero attached hydrogens (tertiary/aromatic N) is 3. The van der Waals surface area contributed by atoms with Crippen molar-refractivity contribution >= 4 is 29.0 Å². The van der Waals surface area contributed by atoms with Crippen LogP contribution in [0.4, 0.5) is 0 Å². The van der Waals surface area contributed by atoms with Gasteiger partial charge in [-0.2, -0.15) is 0 Å². The molecule has 0 N–H and O–H groups in total. The molecule has 13 heavy (non-hydrogen) atoms. The molecule has 68 valence electrons. The van der Waals surface area contributed by atoms with Crippen LogP contribution in [0.3, 0.4) is 0 Å². The molecule has 0 aliphatic carbocycles. The van der Waals surface area contributed by atoms with E-state index in [2.05, 4.69) is 9.97 Å². The molecule has 0 unspecified atom stereocenters. The Morgan fingerprint density at radius 3 is 2.92 bits per heavy atom. The average Bonchev–Trinajstić information content (AvgIpc) is 2.43. The van der Waals surface area contributed by atoms with Crippen LogP contribution < -0.4 is 0 Å². The maximum Gasteiger partial charge on any atom is 0.174 e. The number of hydrogen-bond acceptors (Lipinski definition) is 3. The van der Waals surface area contributed by atoms with E-state index < -0.39 is 0 Å². The van der Waals surface area contributed by atoms with Crippen LogP contribution in [0, 0.1) is 6.92 Å². The Kier molecular flexibility index (Phi) is 2.17. The van der Waals surface area contributed by atoms with Crippen LogP contribution in [0.25, 0.3) is 5.65 Å². The summed E-state index contributed by atoms with van der Waals surface area (Å²) in [6, 6.07) is 1.76. The van der Waals surface area contributed by atoms with Crippen LogP contribution in [0.15, 0.2) is 17.4 Å². The predicted molar refractivity (Wildman–Crippen MR) is 54.5 cm³/mol. The van der Waals surface area contributed by atoms with E-state index >= 15 is 0 Å². The number of aryl methyl sites for hydroxylation is 1. The summed E-state index contributed by atoms with van der Waals surface area (Å²) in [7, 11) is 0. The molecular weight excluding hydrogens is 206 g/mol. The zero-order valence-electron chi connectivity index (χ0n) is 7.28. The smallest absolute Gasteiger partial charge is 0.174 e. The number of imidazole rings is 1. The number of fused-ring (bicyclic) bond motifs is 1. The van der Waals surface area contributed by atoms with E-state index in [0.717, 1.165) is 16.5 Å². The van der Waals surface area contributed by atoms with Crippen LogP contribution in [-0.2, 0) is 0 Å². The minimum atomic E-state index is 0.488. The summed E-state index contributed by atoms with van der Waals surface area (Å²) < 4.78 is 1.94. The highest BCUT2D eigenvalue weighted by molar-refractivity contribution is 7.98. The van der Waals surface area contributed by atoms with Gasteiger partial charge in [-0.1, -0.05) is 23.4 Å². The lowest BCUT2D eigenvalue weighted by atomic mass is 10.6. The third-order valence-electron chi connectivity index (χ3n) is 1.69. The molecule has 0 fully saturated rings. The SMILES string of the molecule is CSc1nc(Cl)cc2nc(C)cn12. The molecular formula is C8H8ClN3S. The van der Waals surface area contributed by atoms with Crippen molar-refractivity contribution in [1.82, 2.24) is 14.4 Å². The molecule has 0 aliphatic rings. The molecule has 2 aromatic rings. The van der Waals surface area contributed by atoms with E-state index in [1.807, 2.05) is 23.8 Å². The van der Waals surface area contributed by atoms with E-state index in [0.29, 0.717) is 5.15 Å². The molecule has 2 aromatic heterocycles. The van der Waals surface area contributed by atoms with Crippen LogP contribution in [0.1, 0.15) is 5.69 Å². The molecule has 5 heteroatoms. The number of halogens is 1. The van der Waals surface area contributed by atoms with Gasteiger partial charge in [-0.05, 0) is 13.2 Å². The summed E-state index contributed by atoms with van der Waals surface area (Å²) in [6.45, 7) is 1.95. The van der Waals surface area contributed by atoms with Gasteiger partial charge in [0.15, 0.2) is 5.16 Å². The van der Waals surface area contributed by atoms with Crippen molar-refractivity contribution in [3.05, 3.63) is 23.1 Å². The summed E-state index contributed by atoms with van der Waals surface area (Å²) in [4.78, 5) is 8.49. The first-order valence-electron chi connectivity index (χ1n) is 3.77. The van der Waals surface area contributed by atoms with Crippen molar-refractivity contribution in [2.24, 2.45) is 0 Å². The van der Waals surface area contributed by atoms with E-state index in [-0.39, 0.29) is 0 Å². The highest BCUT2D eigenvalue weighted by Gasteiger charge is 2.05. The summed E-state index contributed by atoms with van der Waals surface area (Å²) >= 11 is 7.39. The van der Waals surface area contributed by atoms with Crippen molar-refractivity contribution in [1.29, 1.82) is 0 Å². The fraction of sp³-hybridized carbons (Fsp3) is 0.250. The van der Waals surface area contributed by atoms with Crippen molar-refractivity contribution in [2.75, 3.05) is 6.26 Å². The Labute approximate surface area is 85.1 Å². The first-order chi connectivity index (χ1) is 6.20. The van der Waals surface area contributed by atoms with Crippen molar-refractivity contribution in [2.45, 2.75) is 12.1 Å². The minimum Gasteiger partial charge on any atom is -0.278 e. The fourth-order valence-electron chi connectivity index (χ4n) is 1.20. The molecule has 0 atom stereocenters. The first-order valence-corrected chi connectivity index (χ1v) is 5.37. The maximum absolute atomic E-state index is 5.83. The lowest BCUT2D eigenvalue weighted by molar-refractivity contribution is 0.905. The second kappa shape index (κ2) is 3.20. The second-order valence-corrected chi connectivity index (χ2v) is 3.84. The Hall–Kier alpha value is -0.740. The number of hydrogen-bond donors (Lipinski definition) is 0. The van der Waals surface area contributed by atoms with Gasteiger partial charge < -0.3 is 0 Å². The van der Waals surface area contributed by atoms with Crippen LogP contribution in [0.5, 0.6) is 0 Å². The van der Waals surface area contributed by atoms with Gasteiger partial charge in [0.25, 0.3) is 0 Å². The number of rotatable bonds is 1. The lowest BCUT2D eigenvalue weighted by Crippen LogP contribution is -1.92. The van der Waals surface area contributed by atoms with Crippen molar-refractivity contribution in [3.8, 4) is 0 Å². The van der Waals surface area contributed by atoms with Gasteiger partial charge in [-0.3, -0.25) is 4.40 Å². The number of thioether (sulfide) groups is 1. The monoisotopic (exact) mass is 213 g/mol. The van der Waals surface area contributed by atoms with Gasteiger partial charge in [0.05, 0.1) is 5.69 Å². The number of aromatic nitrogens is 3. The molecule has 3 nitrogen and oxygen atoms in total. The van der Waals surface area contributed by atoms with Crippen molar-refractivity contribution < 1.29 is 0 Å². The fourth-order valence-corrected chi connectivity index (χ4v) is 1.96. The predicted octanol–water partition coefficient (Wildman–Crippen LogP) is 2.41. The lowest BCUT2D eigenvalue weighted by Gasteiger charge is -2.00. The molecule has 2 rings (SSSR count). The average molecular weight is 214 g/mol. The minimum absolute atomic E-state index is 0.488. The summed E-state index contributed by atoms with van der Waals surface area (Å²) in [5, 5.41) is 1.35. The Balaban J connectivity index is 2.80. The molecule has 0 amide bonds. The standard InChI is InChI=1S/C8H8ClN3S/c1-5-4-12-7(10-5)3-6(9)11-8(12)13-2/h3-4H,1-2H3. The van der Waals surface area contributed by atoms with E-state index in [1.54, 1.807) is 17.8 Å². The largest absolute Gasteiger partial charge is 0.278 e. The third-order valence-corrected chi connectivity index (χ3v) is 2.54. The van der Waals surface area contributed by atoms with E-state index in [4.69, 9.17) is 11.6 Å². The van der Waals surface area contributed by atoms with Gasteiger partial charge in [0.2, 0.25) is 0 Å². The highest BCUT2D eigenvalue weighted by Crippen LogP contribution is 2.18. The molecule has 0 saturated carbocycles. The van der Waals surface area contributed by atoms with Crippen molar-refractivity contribution in [3.63, 3.8) is 0 Å². The summed E-state index contributed by atoms with van der Waals surface area (Å²) in [5.41, 5.74) is 1.82. The van der Waals surface area contributed by atoms with Crippen LogP contribution in [-0.4, -0.2) is 20.6 Å². The Bertz CT molecular complexity index is 452. The van der Waals surface area contributed by atoms with Crippen LogP contribution in [0.2, 0.25) is 5.15 Å². The molecule has 2 heterocycles. The highest BCUT2D eigenvalue weighted by atomic mass is 35.5. The quantitative estimate of drug-likeness (QED) is 0.414. The third kappa shape index (κ3) is 1.51. The molecule has 0 radical (unpaired) electrons. The first kappa shape index (κ1) is 8.84. The molecule has 0 saturated heterocycles. The second-order valence-electron chi connectivity index (χ2n) is 2.68. The molecule has 0 aromatic carbocycles. The van der Waals surface area contributed by atoms with E-state index in [1.165, 1.54) is 0 Å². The van der Waals surface area contributed by atoms with Gasteiger partial charge in [0.1, 0.15) is 10.8 Å². The van der Waals surface area contributed by atoms with Gasteiger partial charge in [-0.15, -0.1) is 0 Å². The van der Waals surface area contributed by atoms with Crippen LogP contribution >= 0.6 is 23.4 Å². The van der Waals surface area contributed by atoms with Gasteiger partial charge in [-0.25, -0.2) is 9.97 Å². The maximum atomic E-state index is 5.83. The summed E-state index contributed by atoms with van der Waals surface area (Å²) in [6.07, 6.45) is 3.91. The Morgan fingerprint density at radius 2 is 2.23 bits per heavy atom. The van der Waals surface area contributed by atoms with Gasteiger partial charge in [0, 0.05) is 12.3 Å². The summed E-state index contributed by atoms with van der Waals surface area (Å²) in [5.74, 6) is 0. The molecule has 0 bridgehead atoms. The Morgan fingerprint density at radius 1 is 1.46 bits per heavy atom.